The highest BCUT2D eigenvalue weighted by atomic mass is 16.5. The highest BCUT2D eigenvalue weighted by molar-refractivity contribution is 5.77. The van der Waals surface area contributed by atoms with Gasteiger partial charge in [-0.05, 0) is 27.7 Å². The van der Waals surface area contributed by atoms with Crippen LogP contribution in [0.3, 0.4) is 0 Å². The standard InChI is InChI=1S/C12H24N2O3/c1-9(2)16-7-11(15)14-6-10(5-13)17-12(3,4)8-14/h9-10H,5-8,13H2,1-4H3. The van der Waals surface area contributed by atoms with Crippen LogP contribution >= 0.6 is 0 Å². The molecule has 2 N–H and O–H groups in total. The molecule has 1 saturated heterocycles. The predicted molar refractivity (Wildman–Crippen MR) is 65.7 cm³/mol. The molecule has 1 rings (SSSR count). The molecule has 1 amide bonds. The number of morpholine rings is 1. The fourth-order valence-electron chi connectivity index (χ4n) is 1.94. The van der Waals surface area contributed by atoms with Crippen LogP contribution in [-0.2, 0) is 14.3 Å². The number of carbonyl (C=O) groups is 1. The van der Waals surface area contributed by atoms with E-state index in [9.17, 15) is 4.79 Å². The van der Waals surface area contributed by atoms with E-state index in [4.69, 9.17) is 15.2 Å². The third-order valence-electron chi connectivity index (χ3n) is 2.64. The van der Waals surface area contributed by atoms with Crippen LogP contribution < -0.4 is 5.73 Å². The Morgan fingerprint density at radius 1 is 1.59 bits per heavy atom. The third kappa shape index (κ3) is 4.61. The van der Waals surface area contributed by atoms with E-state index >= 15 is 0 Å². The molecular formula is C12H24N2O3. The third-order valence-corrected chi connectivity index (χ3v) is 2.64. The van der Waals surface area contributed by atoms with Crippen LogP contribution in [0.5, 0.6) is 0 Å². The second-order valence-corrected chi connectivity index (χ2v) is 5.37. The van der Waals surface area contributed by atoms with E-state index in [1.165, 1.54) is 0 Å². The number of hydrogen-bond donors (Lipinski definition) is 1. The van der Waals surface area contributed by atoms with Crippen LogP contribution in [0.25, 0.3) is 0 Å². The summed E-state index contributed by atoms with van der Waals surface area (Å²) in [5.74, 6) is 0.00789. The lowest BCUT2D eigenvalue weighted by Gasteiger charge is -2.42. The maximum absolute atomic E-state index is 12.0. The maximum Gasteiger partial charge on any atom is 0.248 e. The van der Waals surface area contributed by atoms with E-state index in [0.717, 1.165) is 0 Å². The predicted octanol–water partition coefficient (Wildman–Crippen LogP) is 0.376. The number of carbonyl (C=O) groups excluding carboxylic acids is 1. The van der Waals surface area contributed by atoms with E-state index in [2.05, 4.69) is 0 Å². The molecule has 0 aromatic heterocycles. The highest BCUT2D eigenvalue weighted by Crippen LogP contribution is 2.20. The monoisotopic (exact) mass is 244 g/mol. The van der Waals surface area contributed by atoms with Gasteiger partial charge in [-0.3, -0.25) is 4.79 Å². The van der Waals surface area contributed by atoms with Gasteiger partial charge in [0.2, 0.25) is 5.91 Å². The molecule has 0 aromatic rings. The molecule has 5 heteroatoms. The summed E-state index contributed by atoms with van der Waals surface area (Å²) < 4.78 is 11.1. The largest absolute Gasteiger partial charge is 0.369 e. The smallest absolute Gasteiger partial charge is 0.248 e. The molecule has 17 heavy (non-hydrogen) atoms. The van der Waals surface area contributed by atoms with Crippen molar-refractivity contribution >= 4 is 5.91 Å². The molecule has 5 nitrogen and oxygen atoms in total. The number of hydrogen-bond acceptors (Lipinski definition) is 4. The molecule has 0 spiro atoms. The number of rotatable bonds is 4. The Labute approximate surface area is 103 Å². The summed E-state index contributed by atoms with van der Waals surface area (Å²) in [6, 6.07) is 0. The SMILES string of the molecule is CC(C)OCC(=O)N1CC(CN)OC(C)(C)C1. The number of nitrogens with zero attached hydrogens (tertiary/aromatic N) is 1. The number of amides is 1. The quantitative estimate of drug-likeness (QED) is 0.776. The van der Waals surface area contributed by atoms with Crippen molar-refractivity contribution in [2.75, 3.05) is 26.2 Å². The molecule has 1 aliphatic rings. The van der Waals surface area contributed by atoms with Crippen molar-refractivity contribution in [1.82, 2.24) is 4.90 Å². The average molecular weight is 244 g/mol. The van der Waals surface area contributed by atoms with Crippen molar-refractivity contribution < 1.29 is 14.3 Å². The molecule has 1 aliphatic heterocycles. The van der Waals surface area contributed by atoms with Gasteiger partial charge in [0.05, 0.1) is 17.8 Å². The van der Waals surface area contributed by atoms with E-state index in [1.54, 1.807) is 4.90 Å². The summed E-state index contributed by atoms with van der Waals surface area (Å²) >= 11 is 0. The van der Waals surface area contributed by atoms with Crippen molar-refractivity contribution in [1.29, 1.82) is 0 Å². The first-order valence-electron chi connectivity index (χ1n) is 6.11. The normalized spacial score (nSPS) is 24.1. The fourth-order valence-corrected chi connectivity index (χ4v) is 1.94. The molecule has 1 unspecified atom stereocenters. The minimum absolute atomic E-state index is 0.00789. The molecule has 1 atom stereocenters. The number of ether oxygens (including phenoxy) is 2. The van der Waals surface area contributed by atoms with Crippen LogP contribution in [-0.4, -0.2) is 54.9 Å². The lowest BCUT2D eigenvalue weighted by atomic mass is 10.1. The molecule has 1 heterocycles. The molecule has 100 valence electrons. The van der Waals surface area contributed by atoms with Crippen LogP contribution in [0.1, 0.15) is 27.7 Å². The molecule has 0 radical (unpaired) electrons. The zero-order valence-corrected chi connectivity index (χ0v) is 11.2. The first kappa shape index (κ1) is 14.4. The van der Waals surface area contributed by atoms with E-state index in [0.29, 0.717) is 19.6 Å². The molecular weight excluding hydrogens is 220 g/mol. The van der Waals surface area contributed by atoms with Gasteiger partial charge in [0, 0.05) is 19.6 Å². The molecule has 0 aliphatic carbocycles. The van der Waals surface area contributed by atoms with Gasteiger partial charge in [-0.25, -0.2) is 0 Å². The van der Waals surface area contributed by atoms with Gasteiger partial charge < -0.3 is 20.1 Å². The molecule has 0 saturated carbocycles. The van der Waals surface area contributed by atoms with Crippen LogP contribution in [0.2, 0.25) is 0 Å². The Balaban J connectivity index is 2.54. The zero-order chi connectivity index (χ0) is 13.1. The van der Waals surface area contributed by atoms with E-state index < -0.39 is 0 Å². The summed E-state index contributed by atoms with van der Waals surface area (Å²) in [7, 11) is 0. The van der Waals surface area contributed by atoms with Crippen molar-refractivity contribution in [3.63, 3.8) is 0 Å². The van der Waals surface area contributed by atoms with Crippen molar-refractivity contribution in [3.8, 4) is 0 Å². The minimum atomic E-state index is -0.338. The van der Waals surface area contributed by atoms with Crippen molar-refractivity contribution in [2.45, 2.75) is 45.5 Å². The summed E-state index contributed by atoms with van der Waals surface area (Å²) in [6.45, 7) is 9.47. The summed E-state index contributed by atoms with van der Waals surface area (Å²) in [5, 5.41) is 0. The van der Waals surface area contributed by atoms with Crippen LogP contribution in [0.15, 0.2) is 0 Å². The minimum Gasteiger partial charge on any atom is -0.369 e. The Hall–Kier alpha value is -0.650. The van der Waals surface area contributed by atoms with Gasteiger partial charge in [0.25, 0.3) is 0 Å². The average Bonchev–Trinajstić information content (AvgIpc) is 2.23. The first-order chi connectivity index (χ1) is 7.84. The van der Waals surface area contributed by atoms with E-state index in [-0.39, 0.29) is 30.3 Å². The Kier molecular flexibility index (Phi) is 4.91. The second-order valence-electron chi connectivity index (χ2n) is 5.37. The topological polar surface area (TPSA) is 64.8 Å². The van der Waals surface area contributed by atoms with Gasteiger partial charge in [0.1, 0.15) is 6.61 Å². The van der Waals surface area contributed by atoms with E-state index in [1.807, 2.05) is 27.7 Å². The Morgan fingerprint density at radius 2 is 2.24 bits per heavy atom. The lowest BCUT2D eigenvalue weighted by Crippen LogP contribution is -2.57. The Bertz CT molecular complexity index is 266. The van der Waals surface area contributed by atoms with Gasteiger partial charge in [0.15, 0.2) is 0 Å². The number of nitrogens with two attached hydrogens (primary N) is 1. The maximum atomic E-state index is 12.0. The highest BCUT2D eigenvalue weighted by Gasteiger charge is 2.34. The molecule has 1 fully saturated rings. The van der Waals surface area contributed by atoms with Gasteiger partial charge >= 0.3 is 0 Å². The van der Waals surface area contributed by atoms with Gasteiger partial charge in [-0.1, -0.05) is 0 Å². The summed E-state index contributed by atoms with van der Waals surface area (Å²) in [4.78, 5) is 13.7. The lowest BCUT2D eigenvalue weighted by molar-refractivity contribution is -0.163. The molecule has 0 aromatic carbocycles. The zero-order valence-electron chi connectivity index (χ0n) is 11.2. The van der Waals surface area contributed by atoms with Gasteiger partial charge in [-0.2, -0.15) is 0 Å². The summed E-state index contributed by atoms with van der Waals surface area (Å²) in [5.41, 5.74) is 5.28. The van der Waals surface area contributed by atoms with Gasteiger partial charge in [-0.15, -0.1) is 0 Å². The Morgan fingerprint density at radius 3 is 2.76 bits per heavy atom. The second kappa shape index (κ2) is 5.80. The van der Waals surface area contributed by atoms with Crippen LogP contribution in [0, 0.1) is 0 Å². The van der Waals surface area contributed by atoms with Crippen molar-refractivity contribution in [2.24, 2.45) is 5.73 Å². The van der Waals surface area contributed by atoms with Crippen LogP contribution in [0.4, 0.5) is 0 Å². The van der Waals surface area contributed by atoms with Crippen molar-refractivity contribution in [3.05, 3.63) is 0 Å². The summed E-state index contributed by atoms with van der Waals surface area (Å²) in [6.07, 6.45) is -0.0138. The fraction of sp³-hybridized carbons (Fsp3) is 0.917. The molecule has 0 bridgehead atoms. The first-order valence-corrected chi connectivity index (χ1v) is 6.11.